The average Bonchev–Trinajstić information content (AvgIpc) is 3.15. The SMILES string of the molecule is CCCN1CCc2[nH]cnc2C12CCN(C(=O)c1ccc(=O)[nH]c1)CC2. The predicted molar refractivity (Wildman–Crippen MR) is 98.0 cm³/mol. The Labute approximate surface area is 152 Å². The van der Waals surface area contributed by atoms with Gasteiger partial charge in [0.25, 0.3) is 5.91 Å². The van der Waals surface area contributed by atoms with E-state index in [9.17, 15) is 9.59 Å². The van der Waals surface area contributed by atoms with Crippen molar-refractivity contribution in [1.29, 1.82) is 0 Å². The van der Waals surface area contributed by atoms with Gasteiger partial charge in [0.2, 0.25) is 5.56 Å². The minimum atomic E-state index is -0.192. The maximum atomic E-state index is 12.8. The van der Waals surface area contributed by atoms with Crippen LogP contribution in [0.1, 0.15) is 47.9 Å². The highest BCUT2D eigenvalue weighted by molar-refractivity contribution is 5.93. The van der Waals surface area contributed by atoms with Crippen LogP contribution in [-0.4, -0.2) is 56.8 Å². The number of hydrogen-bond donors (Lipinski definition) is 2. The van der Waals surface area contributed by atoms with Gasteiger partial charge in [-0.25, -0.2) is 4.98 Å². The normalized spacial score (nSPS) is 19.5. The Hall–Kier alpha value is -2.41. The molecule has 0 radical (unpaired) electrons. The van der Waals surface area contributed by atoms with Gasteiger partial charge in [-0.1, -0.05) is 6.92 Å². The molecule has 2 N–H and O–H groups in total. The summed E-state index contributed by atoms with van der Waals surface area (Å²) in [4.78, 5) is 39.0. The van der Waals surface area contributed by atoms with Crippen molar-refractivity contribution in [1.82, 2.24) is 24.8 Å². The number of likely N-dealkylation sites (tertiary alicyclic amines) is 1. The van der Waals surface area contributed by atoms with Gasteiger partial charge in [-0.3, -0.25) is 14.5 Å². The van der Waals surface area contributed by atoms with Crippen molar-refractivity contribution in [2.75, 3.05) is 26.2 Å². The maximum Gasteiger partial charge on any atom is 0.255 e. The molecule has 1 amide bonds. The largest absolute Gasteiger partial charge is 0.348 e. The lowest BCUT2D eigenvalue weighted by molar-refractivity contribution is 0.00707. The topological polar surface area (TPSA) is 85.1 Å². The van der Waals surface area contributed by atoms with Crippen LogP contribution in [0.5, 0.6) is 0 Å². The first kappa shape index (κ1) is 17.0. The van der Waals surface area contributed by atoms with E-state index in [0.717, 1.165) is 38.8 Å². The van der Waals surface area contributed by atoms with Crippen molar-refractivity contribution in [2.24, 2.45) is 0 Å². The quantitative estimate of drug-likeness (QED) is 0.874. The Morgan fingerprint density at radius 2 is 2.04 bits per heavy atom. The van der Waals surface area contributed by atoms with Gasteiger partial charge < -0.3 is 14.9 Å². The molecule has 0 aromatic carbocycles. The molecular formula is C19H25N5O2. The molecule has 26 heavy (non-hydrogen) atoms. The first-order valence-corrected chi connectivity index (χ1v) is 9.40. The van der Waals surface area contributed by atoms with E-state index in [2.05, 4.69) is 26.8 Å². The van der Waals surface area contributed by atoms with Crippen LogP contribution in [0, 0.1) is 0 Å². The third-order valence-electron chi connectivity index (χ3n) is 5.80. The molecule has 138 valence electrons. The van der Waals surface area contributed by atoms with Gasteiger partial charge in [0.05, 0.1) is 23.1 Å². The number of piperidine rings is 1. The molecule has 0 aliphatic carbocycles. The monoisotopic (exact) mass is 355 g/mol. The maximum absolute atomic E-state index is 12.8. The fourth-order valence-electron chi connectivity index (χ4n) is 4.48. The number of H-pyrrole nitrogens is 2. The predicted octanol–water partition coefficient (Wildman–Crippen LogP) is 1.50. The van der Waals surface area contributed by atoms with Crippen LogP contribution in [0.4, 0.5) is 0 Å². The van der Waals surface area contributed by atoms with Gasteiger partial charge in [0, 0.05) is 44.0 Å². The number of aromatic nitrogens is 3. The molecule has 2 aliphatic rings. The van der Waals surface area contributed by atoms with E-state index in [1.54, 1.807) is 12.4 Å². The van der Waals surface area contributed by atoms with E-state index >= 15 is 0 Å². The average molecular weight is 355 g/mol. The van der Waals surface area contributed by atoms with E-state index in [4.69, 9.17) is 0 Å². The molecule has 2 aliphatic heterocycles. The molecule has 1 fully saturated rings. The second-order valence-corrected chi connectivity index (χ2v) is 7.23. The zero-order valence-corrected chi connectivity index (χ0v) is 15.1. The van der Waals surface area contributed by atoms with E-state index in [1.165, 1.54) is 23.7 Å². The summed E-state index contributed by atoms with van der Waals surface area (Å²) in [7, 11) is 0. The fourth-order valence-corrected chi connectivity index (χ4v) is 4.48. The van der Waals surface area contributed by atoms with Crippen molar-refractivity contribution >= 4 is 5.91 Å². The number of pyridine rings is 1. The molecular weight excluding hydrogens is 330 g/mol. The molecule has 2 aromatic rings. The number of nitrogens with zero attached hydrogens (tertiary/aromatic N) is 3. The summed E-state index contributed by atoms with van der Waals surface area (Å²) in [6.07, 6.45) is 7.21. The molecule has 7 nitrogen and oxygen atoms in total. The second kappa shape index (κ2) is 6.72. The minimum absolute atomic E-state index is 0.0174. The number of rotatable bonds is 3. The van der Waals surface area contributed by atoms with Crippen LogP contribution in [0.3, 0.4) is 0 Å². The number of imidazole rings is 1. The lowest BCUT2D eigenvalue weighted by Gasteiger charge is -2.50. The van der Waals surface area contributed by atoms with E-state index < -0.39 is 0 Å². The molecule has 0 atom stereocenters. The smallest absolute Gasteiger partial charge is 0.255 e. The van der Waals surface area contributed by atoms with Crippen molar-refractivity contribution in [3.8, 4) is 0 Å². The summed E-state index contributed by atoms with van der Waals surface area (Å²) in [5, 5.41) is 0. The first-order chi connectivity index (χ1) is 12.6. The summed E-state index contributed by atoms with van der Waals surface area (Å²) in [5.74, 6) is -0.0174. The summed E-state index contributed by atoms with van der Waals surface area (Å²) in [5.41, 5.74) is 2.70. The number of carbonyl (C=O) groups is 1. The standard InChI is InChI=1S/C19H25N5O2/c1-2-8-24-9-5-15-17(22-13-21-15)19(24)6-10-23(11-7-19)18(26)14-3-4-16(25)20-12-14/h3-4,12-13H,2,5-11H2,1H3,(H,20,25)(H,21,22). The number of fused-ring (bicyclic) bond motifs is 2. The third kappa shape index (κ3) is 2.76. The van der Waals surface area contributed by atoms with E-state index in [0.29, 0.717) is 18.7 Å². The Balaban J connectivity index is 1.55. The highest BCUT2D eigenvalue weighted by atomic mass is 16.2. The van der Waals surface area contributed by atoms with Crippen LogP contribution >= 0.6 is 0 Å². The van der Waals surface area contributed by atoms with Gasteiger partial charge in [0.1, 0.15) is 0 Å². The summed E-state index contributed by atoms with van der Waals surface area (Å²) < 4.78 is 0. The molecule has 7 heteroatoms. The van der Waals surface area contributed by atoms with Crippen LogP contribution in [0.15, 0.2) is 29.5 Å². The minimum Gasteiger partial charge on any atom is -0.348 e. The van der Waals surface area contributed by atoms with Crippen molar-refractivity contribution < 1.29 is 4.79 Å². The van der Waals surface area contributed by atoms with Gasteiger partial charge >= 0.3 is 0 Å². The Kier molecular flexibility index (Phi) is 4.40. The number of carbonyl (C=O) groups excluding carboxylic acids is 1. The lowest BCUT2D eigenvalue weighted by Crippen LogP contribution is -2.57. The summed E-state index contributed by atoms with van der Waals surface area (Å²) >= 11 is 0. The zero-order chi connectivity index (χ0) is 18.1. The van der Waals surface area contributed by atoms with Crippen molar-refractivity contribution in [3.05, 3.63) is 52.0 Å². The van der Waals surface area contributed by atoms with Crippen LogP contribution < -0.4 is 5.56 Å². The molecule has 1 spiro atoms. The Morgan fingerprint density at radius 3 is 2.73 bits per heavy atom. The van der Waals surface area contributed by atoms with Crippen molar-refractivity contribution in [2.45, 2.75) is 38.1 Å². The molecule has 4 heterocycles. The highest BCUT2D eigenvalue weighted by Crippen LogP contribution is 2.42. The summed E-state index contributed by atoms with van der Waals surface area (Å²) in [6.45, 7) is 5.70. The van der Waals surface area contributed by atoms with Crippen LogP contribution in [0.2, 0.25) is 0 Å². The summed E-state index contributed by atoms with van der Waals surface area (Å²) in [6, 6.07) is 3.00. The Morgan fingerprint density at radius 1 is 1.23 bits per heavy atom. The molecule has 0 bridgehead atoms. The molecule has 0 saturated carbocycles. The van der Waals surface area contributed by atoms with Gasteiger partial charge in [-0.15, -0.1) is 0 Å². The van der Waals surface area contributed by atoms with Gasteiger partial charge in [-0.2, -0.15) is 0 Å². The van der Waals surface area contributed by atoms with Gasteiger partial charge in [-0.05, 0) is 31.9 Å². The number of aromatic amines is 2. The number of nitrogens with one attached hydrogen (secondary N) is 2. The zero-order valence-electron chi connectivity index (χ0n) is 15.1. The second-order valence-electron chi connectivity index (χ2n) is 7.23. The van der Waals surface area contributed by atoms with Crippen LogP contribution in [0.25, 0.3) is 0 Å². The molecule has 4 rings (SSSR count). The van der Waals surface area contributed by atoms with Crippen molar-refractivity contribution in [3.63, 3.8) is 0 Å². The molecule has 2 aromatic heterocycles. The van der Waals surface area contributed by atoms with Crippen LogP contribution in [-0.2, 0) is 12.0 Å². The number of amides is 1. The van der Waals surface area contributed by atoms with Gasteiger partial charge in [0.15, 0.2) is 0 Å². The lowest BCUT2D eigenvalue weighted by atomic mass is 9.78. The van der Waals surface area contributed by atoms with E-state index in [1.807, 2.05) is 4.90 Å². The van der Waals surface area contributed by atoms with E-state index in [-0.39, 0.29) is 17.0 Å². The Bertz CT molecular complexity index is 827. The number of hydrogen-bond acceptors (Lipinski definition) is 4. The molecule has 1 saturated heterocycles. The third-order valence-corrected chi connectivity index (χ3v) is 5.80. The molecule has 0 unspecified atom stereocenters. The fraction of sp³-hybridized carbons (Fsp3) is 0.526. The first-order valence-electron chi connectivity index (χ1n) is 9.40. The highest BCUT2D eigenvalue weighted by Gasteiger charge is 2.46.